The number of rotatable bonds is 28. The van der Waals surface area contributed by atoms with Crippen LogP contribution in [0, 0.1) is 0 Å². The third kappa shape index (κ3) is 19.8. The van der Waals surface area contributed by atoms with E-state index >= 15 is 0 Å². The van der Waals surface area contributed by atoms with Gasteiger partial charge in [-0.05, 0) is 38.5 Å². The van der Waals surface area contributed by atoms with Crippen LogP contribution in [0.4, 0.5) is 0 Å². The lowest BCUT2D eigenvalue weighted by molar-refractivity contribution is -0.158. The zero-order valence-electron chi connectivity index (χ0n) is 26.2. The summed E-state index contributed by atoms with van der Waals surface area (Å²) in [7, 11) is 0. The summed E-state index contributed by atoms with van der Waals surface area (Å²) in [6.07, 6.45) is 31.2. The summed E-state index contributed by atoms with van der Waals surface area (Å²) >= 11 is 0. The first-order chi connectivity index (χ1) is 19.1. The van der Waals surface area contributed by atoms with Gasteiger partial charge in [-0.2, -0.15) is 0 Å². The highest BCUT2D eigenvalue weighted by atomic mass is 16.6. The number of carbonyl (C=O) groups is 1. The van der Waals surface area contributed by atoms with Crippen molar-refractivity contribution in [3.63, 3.8) is 0 Å². The molecule has 0 amide bonds. The molecular weight excluding hydrogens is 484 g/mol. The predicted molar refractivity (Wildman–Crippen MR) is 166 cm³/mol. The Morgan fingerprint density at radius 3 is 1.90 bits per heavy atom. The van der Waals surface area contributed by atoms with Gasteiger partial charge >= 0.3 is 5.97 Å². The van der Waals surface area contributed by atoms with E-state index in [1.807, 2.05) is 6.08 Å². The SMILES string of the molecule is C=CCCCCCCCC(OC(=O)CCCCCCCCCCCCCCC)C1CC(O)C(CCCCC)O1. The molecule has 4 atom stereocenters. The van der Waals surface area contributed by atoms with E-state index in [0.717, 1.165) is 51.4 Å². The first-order valence-electron chi connectivity index (χ1n) is 17.3. The number of allylic oxidation sites excluding steroid dienone is 1. The van der Waals surface area contributed by atoms with E-state index in [1.165, 1.54) is 103 Å². The Hall–Kier alpha value is -0.870. The molecule has 0 bridgehead atoms. The predicted octanol–water partition coefficient (Wildman–Crippen LogP) is 10.4. The molecule has 0 aromatic heterocycles. The van der Waals surface area contributed by atoms with Crippen LogP contribution in [0.3, 0.4) is 0 Å². The summed E-state index contributed by atoms with van der Waals surface area (Å²) in [5.41, 5.74) is 0. The highest BCUT2D eigenvalue weighted by Gasteiger charge is 2.39. The van der Waals surface area contributed by atoms with Crippen molar-refractivity contribution in [2.75, 3.05) is 0 Å². The van der Waals surface area contributed by atoms with Crippen molar-refractivity contribution in [3.8, 4) is 0 Å². The van der Waals surface area contributed by atoms with Crippen LogP contribution < -0.4 is 0 Å². The van der Waals surface area contributed by atoms with Crippen molar-refractivity contribution in [2.45, 2.75) is 205 Å². The van der Waals surface area contributed by atoms with Gasteiger partial charge in [0.05, 0.1) is 18.3 Å². The summed E-state index contributed by atoms with van der Waals surface area (Å²) in [6, 6.07) is 0. The van der Waals surface area contributed by atoms with E-state index in [1.54, 1.807) is 0 Å². The fraction of sp³-hybridized carbons (Fsp3) is 0.914. The van der Waals surface area contributed by atoms with E-state index in [-0.39, 0.29) is 24.3 Å². The Morgan fingerprint density at radius 1 is 0.795 bits per heavy atom. The van der Waals surface area contributed by atoms with E-state index in [9.17, 15) is 9.90 Å². The van der Waals surface area contributed by atoms with Crippen LogP contribution in [-0.4, -0.2) is 35.5 Å². The minimum absolute atomic E-state index is 0.0819. The summed E-state index contributed by atoms with van der Waals surface area (Å²) in [5, 5.41) is 10.6. The van der Waals surface area contributed by atoms with Crippen LogP contribution in [0.15, 0.2) is 12.7 Å². The molecule has 1 heterocycles. The second-order valence-electron chi connectivity index (χ2n) is 12.2. The zero-order valence-corrected chi connectivity index (χ0v) is 26.2. The summed E-state index contributed by atoms with van der Waals surface area (Å²) in [5.74, 6) is -0.0819. The molecule has 4 nitrogen and oxygen atoms in total. The monoisotopic (exact) mass is 550 g/mol. The summed E-state index contributed by atoms with van der Waals surface area (Å²) in [4.78, 5) is 12.7. The minimum atomic E-state index is -0.437. The van der Waals surface area contributed by atoms with Gasteiger partial charge in [0.25, 0.3) is 0 Å². The number of hydrogen-bond acceptors (Lipinski definition) is 4. The third-order valence-electron chi connectivity index (χ3n) is 8.42. The van der Waals surface area contributed by atoms with Crippen molar-refractivity contribution >= 4 is 5.97 Å². The lowest BCUT2D eigenvalue weighted by Gasteiger charge is -2.24. The number of aliphatic hydroxyl groups is 1. The van der Waals surface area contributed by atoms with Gasteiger partial charge in [-0.1, -0.05) is 135 Å². The smallest absolute Gasteiger partial charge is 0.306 e. The van der Waals surface area contributed by atoms with Crippen molar-refractivity contribution in [3.05, 3.63) is 12.7 Å². The van der Waals surface area contributed by atoms with Gasteiger partial charge in [-0.25, -0.2) is 0 Å². The molecule has 4 heteroatoms. The molecule has 1 aliphatic heterocycles. The Morgan fingerprint density at radius 2 is 1.31 bits per heavy atom. The fourth-order valence-corrected chi connectivity index (χ4v) is 5.86. The maximum absolute atomic E-state index is 12.7. The highest BCUT2D eigenvalue weighted by molar-refractivity contribution is 5.69. The minimum Gasteiger partial charge on any atom is -0.460 e. The lowest BCUT2D eigenvalue weighted by Crippen LogP contribution is -2.32. The summed E-state index contributed by atoms with van der Waals surface area (Å²) < 4.78 is 12.3. The Balaban J connectivity index is 2.27. The average Bonchev–Trinajstić information content (AvgIpc) is 3.30. The lowest BCUT2D eigenvalue weighted by atomic mass is 10.00. The number of hydrogen-bond donors (Lipinski definition) is 1. The quantitative estimate of drug-likeness (QED) is 0.0598. The molecule has 0 aromatic carbocycles. The van der Waals surface area contributed by atoms with Crippen LogP contribution in [0.1, 0.15) is 181 Å². The van der Waals surface area contributed by atoms with Crippen molar-refractivity contribution in [1.29, 1.82) is 0 Å². The van der Waals surface area contributed by atoms with Crippen LogP contribution >= 0.6 is 0 Å². The number of carbonyl (C=O) groups excluding carboxylic acids is 1. The van der Waals surface area contributed by atoms with Gasteiger partial charge < -0.3 is 14.6 Å². The molecule has 1 N–H and O–H groups in total. The topological polar surface area (TPSA) is 55.8 Å². The molecular formula is C35H66O4. The highest BCUT2D eigenvalue weighted by Crippen LogP contribution is 2.30. The van der Waals surface area contributed by atoms with Crippen LogP contribution in [0.25, 0.3) is 0 Å². The van der Waals surface area contributed by atoms with E-state index < -0.39 is 6.10 Å². The summed E-state index contributed by atoms with van der Waals surface area (Å²) in [6.45, 7) is 8.27. The molecule has 0 aliphatic carbocycles. The molecule has 1 fully saturated rings. The first-order valence-corrected chi connectivity index (χ1v) is 17.3. The van der Waals surface area contributed by atoms with E-state index in [0.29, 0.717) is 12.8 Å². The average molecular weight is 551 g/mol. The normalized spacial score (nSPS) is 19.8. The van der Waals surface area contributed by atoms with Crippen LogP contribution in [0.2, 0.25) is 0 Å². The Kier molecular flexibility index (Phi) is 24.2. The van der Waals surface area contributed by atoms with Crippen molar-refractivity contribution in [1.82, 2.24) is 0 Å². The van der Waals surface area contributed by atoms with Gasteiger partial charge in [0.15, 0.2) is 0 Å². The molecule has 230 valence electrons. The molecule has 1 saturated heterocycles. The third-order valence-corrected chi connectivity index (χ3v) is 8.42. The molecule has 1 aliphatic rings. The maximum Gasteiger partial charge on any atom is 0.306 e. The Bertz CT molecular complexity index is 563. The molecule has 1 rings (SSSR count). The van der Waals surface area contributed by atoms with Gasteiger partial charge in [0, 0.05) is 12.8 Å². The Labute approximate surface area is 243 Å². The van der Waals surface area contributed by atoms with E-state index in [4.69, 9.17) is 9.47 Å². The van der Waals surface area contributed by atoms with Gasteiger partial charge in [0.1, 0.15) is 6.10 Å². The maximum atomic E-state index is 12.7. The van der Waals surface area contributed by atoms with Gasteiger partial charge in [0.2, 0.25) is 0 Å². The standard InChI is InChI=1S/C35H66O4/c1-4-7-10-12-14-15-16-17-18-19-21-23-26-29-35(37)39-33(28-25-22-20-13-11-8-5-2)34-30-31(36)32(38-34)27-24-9-6-3/h5,31-34,36H,2,4,6-30H2,1,3H3. The number of unbranched alkanes of at least 4 members (excludes halogenated alkanes) is 19. The molecule has 0 radical (unpaired) electrons. The molecule has 39 heavy (non-hydrogen) atoms. The van der Waals surface area contributed by atoms with Crippen LogP contribution in [-0.2, 0) is 14.3 Å². The second-order valence-corrected chi connectivity index (χ2v) is 12.2. The van der Waals surface area contributed by atoms with Gasteiger partial charge in [-0.15, -0.1) is 6.58 Å². The van der Waals surface area contributed by atoms with Gasteiger partial charge in [-0.3, -0.25) is 4.79 Å². The van der Waals surface area contributed by atoms with Crippen molar-refractivity contribution in [2.24, 2.45) is 0 Å². The fourth-order valence-electron chi connectivity index (χ4n) is 5.86. The molecule has 0 spiro atoms. The molecule has 0 aromatic rings. The largest absolute Gasteiger partial charge is 0.460 e. The number of ether oxygens (including phenoxy) is 2. The molecule has 0 saturated carbocycles. The number of aliphatic hydroxyl groups excluding tert-OH is 1. The van der Waals surface area contributed by atoms with E-state index in [2.05, 4.69) is 20.4 Å². The van der Waals surface area contributed by atoms with Crippen LogP contribution in [0.5, 0.6) is 0 Å². The zero-order chi connectivity index (χ0) is 28.4. The molecule has 4 unspecified atom stereocenters. The number of esters is 1. The van der Waals surface area contributed by atoms with Crippen molar-refractivity contribution < 1.29 is 19.4 Å². The first kappa shape index (κ1) is 36.2. The second kappa shape index (κ2) is 26.1.